The summed E-state index contributed by atoms with van der Waals surface area (Å²) in [7, 11) is 0. The van der Waals surface area contributed by atoms with E-state index in [0.717, 1.165) is 24.8 Å². The number of aryl methyl sites for hydroxylation is 1. The zero-order chi connectivity index (χ0) is 23.5. The summed E-state index contributed by atoms with van der Waals surface area (Å²) >= 11 is 6.61. The Morgan fingerprint density at radius 2 is 1.82 bits per heavy atom. The highest BCUT2D eigenvalue weighted by molar-refractivity contribution is 8.26. The number of fused-ring (bicyclic) bond motifs is 1. The van der Waals surface area contributed by atoms with Gasteiger partial charge in [-0.15, -0.1) is 0 Å². The van der Waals surface area contributed by atoms with E-state index in [4.69, 9.17) is 12.2 Å². The van der Waals surface area contributed by atoms with Gasteiger partial charge in [0, 0.05) is 17.8 Å². The topological polar surface area (TPSA) is 69.7 Å². The minimum Gasteiger partial charge on any atom is -0.325 e. The molecule has 2 aliphatic rings. The Morgan fingerprint density at radius 3 is 2.58 bits per heavy atom. The van der Waals surface area contributed by atoms with Crippen LogP contribution in [0.25, 0.3) is 5.57 Å². The van der Waals surface area contributed by atoms with Crippen molar-refractivity contribution in [2.75, 3.05) is 23.3 Å². The molecule has 3 amide bonds. The molecule has 2 heterocycles. The van der Waals surface area contributed by atoms with Gasteiger partial charge in [0.15, 0.2) is 0 Å². The highest BCUT2D eigenvalue weighted by atomic mass is 32.2. The average Bonchev–Trinajstić information content (AvgIpc) is 3.21. The maximum absolute atomic E-state index is 13.5. The van der Waals surface area contributed by atoms with Crippen molar-refractivity contribution in [2.24, 2.45) is 0 Å². The van der Waals surface area contributed by atoms with Crippen molar-refractivity contribution >= 4 is 63.0 Å². The highest BCUT2D eigenvalue weighted by Gasteiger charge is 2.42. The first-order chi connectivity index (χ1) is 15.9. The van der Waals surface area contributed by atoms with Gasteiger partial charge in [0.25, 0.3) is 11.8 Å². The quantitative estimate of drug-likeness (QED) is 0.353. The third kappa shape index (κ3) is 4.72. The molecule has 6 nitrogen and oxygen atoms in total. The van der Waals surface area contributed by atoms with Gasteiger partial charge in [0.2, 0.25) is 5.91 Å². The first-order valence-corrected chi connectivity index (χ1v) is 12.2. The number of rotatable bonds is 7. The number of nitrogens with one attached hydrogen (secondary N) is 1. The Labute approximate surface area is 203 Å². The van der Waals surface area contributed by atoms with Gasteiger partial charge in [0.05, 0.1) is 16.2 Å². The lowest BCUT2D eigenvalue weighted by atomic mass is 10.1. The number of carbonyl (C=O) groups excluding carboxylic acids is 3. The molecule has 2 aliphatic heterocycles. The number of amides is 3. The Kier molecular flexibility index (Phi) is 6.95. The number of carbonyl (C=O) groups is 3. The SMILES string of the molecule is CCCCCN1C(=O)/C(=C2\C(=O)N(CC(=O)Nc3cccc(C)c3)c3ccccc32)SC1=S. The molecule has 0 spiro atoms. The summed E-state index contributed by atoms with van der Waals surface area (Å²) < 4.78 is 0.472. The van der Waals surface area contributed by atoms with Crippen LogP contribution in [0.15, 0.2) is 53.4 Å². The Bertz CT molecular complexity index is 1170. The van der Waals surface area contributed by atoms with Gasteiger partial charge in [-0.05, 0) is 37.1 Å². The fraction of sp³-hybridized carbons (Fsp3) is 0.280. The van der Waals surface area contributed by atoms with Gasteiger partial charge >= 0.3 is 0 Å². The predicted octanol–water partition coefficient (Wildman–Crippen LogP) is 4.74. The van der Waals surface area contributed by atoms with Crippen LogP contribution in [0.3, 0.4) is 0 Å². The van der Waals surface area contributed by atoms with Gasteiger partial charge in [-0.1, -0.05) is 74.1 Å². The summed E-state index contributed by atoms with van der Waals surface area (Å²) in [6, 6.07) is 14.7. The van der Waals surface area contributed by atoms with Gasteiger partial charge in [-0.2, -0.15) is 0 Å². The molecule has 0 aliphatic carbocycles. The van der Waals surface area contributed by atoms with E-state index >= 15 is 0 Å². The molecule has 0 bridgehead atoms. The molecular weight excluding hydrogens is 454 g/mol. The third-order valence-electron chi connectivity index (χ3n) is 5.59. The Morgan fingerprint density at radius 1 is 1.03 bits per heavy atom. The highest BCUT2D eigenvalue weighted by Crippen LogP contribution is 2.44. The van der Waals surface area contributed by atoms with E-state index in [1.165, 1.54) is 16.7 Å². The molecule has 0 saturated carbocycles. The number of hydrogen-bond acceptors (Lipinski definition) is 5. The van der Waals surface area contributed by atoms with E-state index in [9.17, 15) is 14.4 Å². The second-order valence-corrected chi connectivity index (χ2v) is 9.71. The van der Waals surface area contributed by atoms with Crippen LogP contribution in [0.4, 0.5) is 11.4 Å². The molecule has 1 N–H and O–H groups in total. The number of benzene rings is 2. The van der Waals surface area contributed by atoms with Crippen molar-refractivity contribution in [3.8, 4) is 0 Å². The molecular formula is C25H25N3O3S2. The molecule has 0 radical (unpaired) electrons. The summed E-state index contributed by atoms with van der Waals surface area (Å²) in [5, 5.41) is 2.85. The van der Waals surface area contributed by atoms with Crippen molar-refractivity contribution < 1.29 is 14.4 Å². The molecule has 4 rings (SSSR count). The van der Waals surface area contributed by atoms with E-state index in [1.807, 2.05) is 43.3 Å². The number of unbranched alkanes of at least 4 members (excludes halogenated alkanes) is 2. The van der Waals surface area contributed by atoms with E-state index in [-0.39, 0.29) is 24.3 Å². The van der Waals surface area contributed by atoms with Crippen molar-refractivity contribution in [1.82, 2.24) is 4.90 Å². The lowest BCUT2D eigenvalue weighted by Crippen LogP contribution is -2.35. The Balaban J connectivity index is 1.60. The number of nitrogens with zero attached hydrogens (tertiary/aromatic N) is 2. The van der Waals surface area contributed by atoms with Crippen molar-refractivity contribution in [3.05, 3.63) is 64.6 Å². The van der Waals surface area contributed by atoms with Crippen molar-refractivity contribution in [1.29, 1.82) is 0 Å². The van der Waals surface area contributed by atoms with E-state index in [2.05, 4.69) is 12.2 Å². The normalized spacial score (nSPS) is 17.7. The van der Waals surface area contributed by atoms with Crippen LogP contribution < -0.4 is 10.2 Å². The van der Waals surface area contributed by atoms with E-state index in [1.54, 1.807) is 17.0 Å². The summed E-state index contributed by atoms with van der Waals surface area (Å²) in [4.78, 5) is 42.7. The summed E-state index contributed by atoms with van der Waals surface area (Å²) in [6.07, 6.45) is 2.91. The fourth-order valence-corrected chi connectivity index (χ4v) is 5.37. The molecule has 0 unspecified atom stereocenters. The second kappa shape index (κ2) is 9.89. The van der Waals surface area contributed by atoms with Gasteiger partial charge in [0.1, 0.15) is 10.9 Å². The molecule has 1 saturated heterocycles. The zero-order valence-corrected chi connectivity index (χ0v) is 20.2. The summed E-state index contributed by atoms with van der Waals surface area (Å²) in [6.45, 7) is 4.45. The second-order valence-electron chi connectivity index (χ2n) is 8.06. The predicted molar refractivity (Wildman–Crippen MR) is 137 cm³/mol. The molecule has 2 aromatic rings. The molecule has 8 heteroatoms. The van der Waals surface area contributed by atoms with Crippen molar-refractivity contribution in [2.45, 2.75) is 33.1 Å². The largest absolute Gasteiger partial charge is 0.325 e. The van der Waals surface area contributed by atoms with E-state index in [0.29, 0.717) is 38.3 Å². The first kappa shape index (κ1) is 23.2. The number of anilines is 2. The number of hydrogen-bond donors (Lipinski definition) is 1. The summed E-state index contributed by atoms with van der Waals surface area (Å²) in [5.41, 5.74) is 3.30. The molecule has 170 valence electrons. The van der Waals surface area contributed by atoms with Crippen LogP contribution in [0.2, 0.25) is 0 Å². The smallest absolute Gasteiger partial charge is 0.267 e. The minimum atomic E-state index is -0.357. The van der Waals surface area contributed by atoms with Gasteiger partial charge in [-0.25, -0.2) is 0 Å². The number of para-hydroxylation sites is 1. The van der Waals surface area contributed by atoms with Crippen LogP contribution in [0.1, 0.15) is 37.3 Å². The van der Waals surface area contributed by atoms with Crippen LogP contribution in [-0.4, -0.2) is 40.0 Å². The summed E-state index contributed by atoms with van der Waals surface area (Å²) in [5.74, 6) is -0.896. The standard InChI is InChI=1S/C25H25N3O3S2/c1-3-4-7-13-27-24(31)22(33-25(27)32)21-18-11-5-6-12-19(18)28(23(21)30)15-20(29)26-17-10-8-9-16(2)14-17/h5-6,8-12,14H,3-4,7,13,15H2,1-2H3,(H,26,29)/b22-21+. The molecule has 33 heavy (non-hydrogen) atoms. The molecule has 0 atom stereocenters. The minimum absolute atomic E-state index is 0.149. The van der Waals surface area contributed by atoms with E-state index < -0.39 is 0 Å². The van der Waals surface area contributed by atoms with Crippen molar-refractivity contribution in [3.63, 3.8) is 0 Å². The monoisotopic (exact) mass is 479 g/mol. The zero-order valence-electron chi connectivity index (χ0n) is 18.6. The van der Waals surface area contributed by atoms with Crippen LogP contribution in [0, 0.1) is 6.92 Å². The van der Waals surface area contributed by atoms with Gasteiger partial charge in [-0.3, -0.25) is 24.2 Å². The lowest BCUT2D eigenvalue weighted by Gasteiger charge is -2.17. The van der Waals surface area contributed by atoms with Crippen LogP contribution >= 0.6 is 24.0 Å². The maximum atomic E-state index is 13.5. The fourth-order valence-electron chi connectivity index (χ4n) is 3.99. The molecule has 2 aromatic carbocycles. The number of thioether (sulfide) groups is 1. The first-order valence-electron chi connectivity index (χ1n) is 11.0. The Hall–Kier alpha value is -2.97. The van der Waals surface area contributed by atoms with Crippen LogP contribution in [-0.2, 0) is 14.4 Å². The average molecular weight is 480 g/mol. The lowest BCUT2D eigenvalue weighted by molar-refractivity contribution is -0.122. The molecule has 1 fully saturated rings. The maximum Gasteiger partial charge on any atom is 0.267 e. The molecule has 0 aromatic heterocycles. The van der Waals surface area contributed by atoms with Crippen LogP contribution in [0.5, 0.6) is 0 Å². The van der Waals surface area contributed by atoms with Gasteiger partial charge < -0.3 is 5.32 Å². The third-order valence-corrected chi connectivity index (χ3v) is 7.04. The number of thiocarbonyl (C=S) groups is 1.